The molecule has 1 rings (SSSR count). The molecule has 0 aliphatic carbocycles. The number of ether oxygens (including phenoxy) is 1. The molecule has 0 aliphatic heterocycles. The molecule has 13 heavy (non-hydrogen) atoms. The van der Waals surface area contributed by atoms with Crippen LogP contribution >= 0.6 is 15.9 Å². The highest BCUT2D eigenvalue weighted by atomic mass is 79.9. The van der Waals surface area contributed by atoms with E-state index in [1.54, 1.807) is 0 Å². The lowest BCUT2D eigenvalue weighted by Crippen LogP contribution is -2.07. The molecule has 6 heteroatoms. The van der Waals surface area contributed by atoms with E-state index in [0.717, 1.165) is 0 Å². The predicted molar refractivity (Wildman–Crippen MR) is 43.5 cm³/mol. The maximum absolute atomic E-state index is 12.4. The molecule has 0 N–H and O–H groups in total. The second kappa shape index (κ2) is 3.53. The molecular weight excluding hydrogens is 251 g/mol. The van der Waals surface area contributed by atoms with Gasteiger partial charge in [0.2, 0.25) is 0 Å². The molecule has 1 heterocycles. The molecular formula is C7H5BrF3NO. The van der Waals surface area contributed by atoms with E-state index in [4.69, 9.17) is 6.85 Å². The molecule has 0 saturated carbocycles. The third kappa shape index (κ3) is 2.33. The van der Waals surface area contributed by atoms with Crippen molar-refractivity contribution < 1.29 is 24.8 Å². The Labute approximate surface area is 87.9 Å². The molecule has 0 aromatic carbocycles. The number of aromatic nitrogens is 1. The van der Waals surface area contributed by atoms with E-state index in [2.05, 4.69) is 25.7 Å². The van der Waals surface area contributed by atoms with Crippen LogP contribution in [0.3, 0.4) is 0 Å². The molecule has 0 saturated heterocycles. The van der Waals surface area contributed by atoms with E-state index in [-0.39, 0.29) is 0 Å². The van der Waals surface area contributed by atoms with Crippen molar-refractivity contribution in [1.29, 1.82) is 0 Å². The van der Waals surface area contributed by atoms with Crippen LogP contribution < -0.4 is 4.74 Å². The van der Waals surface area contributed by atoms with Gasteiger partial charge in [-0.2, -0.15) is 13.2 Å². The zero-order chi connectivity index (χ0) is 14.3. The Hall–Kier alpha value is -0.780. The highest BCUT2D eigenvalue weighted by Gasteiger charge is 2.32. The maximum Gasteiger partial charge on any atom is 0.433 e. The van der Waals surface area contributed by atoms with Crippen LogP contribution in [0.2, 0.25) is 0 Å². The number of methoxy groups -OCH3 is 1. The van der Waals surface area contributed by atoms with Crippen molar-refractivity contribution in [1.82, 2.24) is 4.98 Å². The molecule has 1 aromatic rings. The molecule has 0 atom stereocenters. The van der Waals surface area contributed by atoms with Crippen LogP contribution in [-0.4, -0.2) is 12.0 Å². The second-order valence-electron chi connectivity index (χ2n) is 1.94. The summed E-state index contributed by atoms with van der Waals surface area (Å²) in [6, 6.07) is -1.09. The Morgan fingerprint density at radius 3 is 2.92 bits per heavy atom. The number of hydrogen-bond donors (Lipinski definition) is 0. The van der Waals surface area contributed by atoms with Gasteiger partial charge in [0.1, 0.15) is 5.69 Å². The van der Waals surface area contributed by atoms with Gasteiger partial charge in [-0.05, 0) is 22.0 Å². The maximum atomic E-state index is 12.4. The van der Waals surface area contributed by atoms with E-state index in [1.807, 2.05) is 0 Å². The molecule has 0 spiro atoms. The zero-order valence-corrected chi connectivity index (χ0v) is 7.45. The monoisotopic (exact) mass is 260 g/mol. The first-order valence-electron chi connectivity index (χ1n) is 5.36. The molecule has 0 unspecified atom stereocenters. The van der Waals surface area contributed by atoms with Crippen LogP contribution in [0.1, 0.15) is 12.5 Å². The molecule has 72 valence electrons. The summed E-state index contributed by atoms with van der Waals surface area (Å²) in [5.41, 5.74) is -1.59. The van der Waals surface area contributed by atoms with Crippen LogP contribution in [0.4, 0.5) is 13.2 Å². The highest BCUT2D eigenvalue weighted by molar-refractivity contribution is 9.10. The van der Waals surface area contributed by atoms with Gasteiger partial charge in [0.25, 0.3) is 0 Å². The van der Waals surface area contributed by atoms with Crippen molar-refractivity contribution in [2.45, 2.75) is 6.18 Å². The highest BCUT2D eigenvalue weighted by Crippen LogP contribution is 2.32. The van der Waals surface area contributed by atoms with Gasteiger partial charge in [-0.15, -0.1) is 0 Å². The Balaban J connectivity index is 3.39. The van der Waals surface area contributed by atoms with Gasteiger partial charge in [-0.1, -0.05) is 0 Å². The summed E-state index contributed by atoms with van der Waals surface area (Å²) < 4.78 is 75.9. The SMILES string of the molecule is [2H]c1nc(C(F)(F)F)c([2H])c(Br)c1OC([2H])([2H])[2H]. The molecule has 0 bridgehead atoms. The number of nitrogens with zero attached hydrogens (tertiary/aromatic N) is 1. The largest absolute Gasteiger partial charge is 0.494 e. The fraction of sp³-hybridized carbons (Fsp3) is 0.286. The molecule has 1 aromatic heterocycles. The minimum atomic E-state index is -4.91. The van der Waals surface area contributed by atoms with E-state index in [9.17, 15) is 13.2 Å². The number of alkyl halides is 3. The fourth-order valence-electron chi connectivity index (χ4n) is 0.546. The summed E-state index contributed by atoms with van der Waals surface area (Å²) in [6.07, 6.45) is -5.92. The van der Waals surface area contributed by atoms with Gasteiger partial charge >= 0.3 is 6.18 Å². The summed E-state index contributed by atoms with van der Waals surface area (Å²) in [4.78, 5) is 2.84. The minimum Gasteiger partial charge on any atom is -0.494 e. The van der Waals surface area contributed by atoms with Crippen molar-refractivity contribution in [3.8, 4) is 5.75 Å². The van der Waals surface area contributed by atoms with Crippen molar-refractivity contribution in [2.75, 3.05) is 7.04 Å². The van der Waals surface area contributed by atoms with Crippen LogP contribution in [0, 0.1) is 0 Å². The smallest absolute Gasteiger partial charge is 0.433 e. The summed E-state index contributed by atoms with van der Waals surface area (Å²) >= 11 is 2.60. The van der Waals surface area contributed by atoms with Crippen LogP contribution in [0.15, 0.2) is 16.7 Å². The summed E-state index contributed by atoms with van der Waals surface area (Å²) in [5, 5.41) is 0. The first-order valence-corrected chi connectivity index (χ1v) is 3.65. The van der Waals surface area contributed by atoms with Crippen LogP contribution in [0.5, 0.6) is 5.75 Å². The fourth-order valence-corrected chi connectivity index (χ4v) is 0.904. The summed E-state index contributed by atoms with van der Waals surface area (Å²) in [6.45, 7) is 0. The summed E-state index contributed by atoms with van der Waals surface area (Å²) in [7, 11) is -2.95. The van der Waals surface area contributed by atoms with Crippen molar-refractivity contribution in [3.63, 3.8) is 0 Å². The first kappa shape index (κ1) is 5.19. The minimum absolute atomic E-state index is 0.578. The van der Waals surface area contributed by atoms with Crippen LogP contribution in [-0.2, 0) is 6.18 Å². The zero-order valence-electron chi connectivity index (χ0n) is 10.9. The van der Waals surface area contributed by atoms with Gasteiger partial charge in [-0.3, -0.25) is 0 Å². The number of pyridine rings is 1. The Morgan fingerprint density at radius 1 is 1.69 bits per heavy atom. The third-order valence-electron chi connectivity index (χ3n) is 1.07. The van der Waals surface area contributed by atoms with Gasteiger partial charge < -0.3 is 4.74 Å². The molecule has 0 fully saturated rings. The average Bonchev–Trinajstić information content (AvgIpc) is 2.15. The summed E-state index contributed by atoms with van der Waals surface area (Å²) in [5.74, 6) is -0.729. The Kier molecular flexibility index (Phi) is 1.41. The van der Waals surface area contributed by atoms with Crippen molar-refractivity contribution in [3.05, 3.63) is 22.4 Å². The third-order valence-corrected chi connectivity index (χ3v) is 1.63. The van der Waals surface area contributed by atoms with Gasteiger partial charge in [0, 0.05) is 0 Å². The first-order chi connectivity index (χ1) is 7.93. The lowest BCUT2D eigenvalue weighted by atomic mass is 10.3. The molecule has 0 radical (unpaired) electrons. The van der Waals surface area contributed by atoms with E-state index in [0.29, 0.717) is 0 Å². The van der Waals surface area contributed by atoms with Gasteiger partial charge in [0.15, 0.2) is 5.75 Å². The van der Waals surface area contributed by atoms with E-state index < -0.39 is 41.3 Å². The van der Waals surface area contributed by atoms with Crippen LogP contribution in [0.25, 0.3) is 0 Å². The lowest BCUT2D eigenvalue weighted by molar-refractivity contribution is -0.141. The molecule has 2 nitrogen and oxygen atoms in total. The standard InChI is InChI=1S/C7H5BrF3NO/c1-13-5-3-12-6(2-4(5)8)7(9,10)11/h2-3H,1H3/i1D3,2D,3D. The quantitative estimate of drug-likeness (QED) is 0.775. The predicted octanol–water partition coefficient (Wildman–Crippen LogP) is 2.87. The topological polar surface area (TPSA) is 22.1 Å². The Bertz CT molecular complexity index is 476. The van der Waals surface area contributed by atoms with E-state index in [1.165, 1.54) is 0 Å². The molecule has 0 amide bonds. The van der Waals surface area contributed by atoms with Crippen molar-refractivity contribution in [2.24, 2.45) is 0 Å². The second-order valence-corrected chi connectivity index (χ2v) is 2.73. The number of rotatable bonds is 1. The lowest BCUT2D eigenvalue weighted by Gasteiger charge is -2.07. The average molecular weight is 261 g/mol. The Morgan fingerprint density at radius 2 is 2.38 bits per heavy atom. The number of halogens is 4. The van der Waals surface area contributed by atoms with Gasteiger partial charge in [-0.25, -0.2) is 4.98 Å². The van der Waals surface area contributed by atoms with E-state index >= 15 is 0 Å². The number of hydrogen-bond acceptors (Lipinski definition) is 2. The normalized spacial score (nSPS) is 18.0. The van der Waals surface area contributed by atoms with Crippen molar-refractivity contribution >= 4 is 15.9 Å². The van der Waals surface area contributed by atoms with Gasteiger partial charge in [0.05, 0.1) is 24.5 Å². The molecule has 0 aliphatic rings.